The highest BCUT2D eigenvalue weighted by Gasteiger charge is 2.38. The number of rotatable bonds is 4. The van der Waals surface area contributed by atoms with E-state index in [0.717, 1.165) is 31.0 Å². The molecule has 2 aromatic rings. The molecule has 0 unspecified atom stereocenters. The van der Waals surface area contributed by atoms with Gasteiger partial charge in [0.1, 0.15) is 0 Å². The van der Waals surface area contributed by atoms with Crippen molar-refractivity contribution in [3.05, 3.63) is 46.2 Å². The number of hydrogen-bond acceptors (Lipinski definition) is 4. The average Bonchev–Trinajstić information content (AvgIpc) is 2.53. The number of aromatic nitrogens is 2. The highest BCUT2D eigenvalue weighted by molar-refractivity contribution is 6.31. The van der Waals surface area contributed by atoms with Gasteiger partial charge in [-0.3, -0.25) is 4.79 Å². The van der Waals surface area contributed by atoms with E-state index in [4.69, 9.17) is 11.6 Å². The first kappa shape index (κ1) is 18.4. The summed E-state index contributed by atoms with van der Waals surface area (Å²) in [7, 11) is 0. The first-order chi connectivity index (χ1) is 12.2. The van der Waals surface area contributed by atoms with Gasteiger partial charge in [-0.05, 0) is 43.9 Å². The molecule has 0 radical (unpaired) electrons. The van der Waals surface area contributed by atoms with Gasteiger partial charge in [0.15, 0.2) is 5.69 Å². The second kappa shape index (κ2) is 7.11. The van der Waals surface area contributed by atoms with Crippen molar-refractivity contribution in [1.82, 2.24) is 15.3 Å². The minimum absolute atomic E-state index is 0.0870. The quantitative estimate of drug-likeness (QED) is 0.815. The zero-order chi connectivity index (χ0) is 18.9. The monoisotopic (exact) mass is 384 g/mol. The van der Waals surface area contributed by atoms with Crippen molar-refractivity contribution in [2.45, 2.75) is 38.4 Å². The van der Waals surface area contributed by atoms with Crippen molar-refractivity contribution in [3.63, 3.8) is 0 Å². The van der Waals surface area contributed by atoms with Crippen LogP contribution in [0, 0.1) is 6.92 Å². The van der Waals surface area contributed by atoms with Gasteiger partial charge in [-0.15, -0.1) is 0 Å². The van der Waals surface area contributed by atoms with Crippen LogP contribution in [-0.2, 0) is 6.18 Å². The van der Waals surface area contributed by atoms with Gasteiger partial charge >= 0.3 is 6.18 Å². The van der Waals surface area contributed by atoms with Crippen LogP contribution >= 0.6 is 11.6 Å². The molecule has 138 valence electrons. The molecule has 1 amide bonds. The molecule has 0 saturated heterocycles. The second-order valence-electron chi connectivity index (χ2n) is 6.14. The van der Waals surface area contributed by atoms with Gasteiger partial charge in [0.2, 0.25) is 5.95 Å². The number of nitrogens with zero attached hydrogens (tertiary/aromatic N) is 2. The molecule has 2 N–H and O–H groups in total. The minimum atomic E-state index is -4.78. The SMILES string of the molecule is Cc1ccc(Nc2ncc(C(=O)NC3CCC3)c(C(F)(F)F)n2)cc1Cl. The number of amides is 1. The molecular weight excluding hydrogens is 369 g/mol. The fourth-order valence-corrected chi connectivity index (χ4v) is 2.62. The number of hydrogen-bond donors (Lipinski definition) is 2. The summed E-state index contributed by atoms with van der Waals surface area (Å²) in [4.78, 5) is 19.5. The largest absolute Gasteiger partial charge is 0.434 e. The Balaban J connectivity index is 1.88. The Morgan fingerprint density at radius 2 is 2.04 bits per heavy atom. The van der Waals surface area contributed by atoms with Crippen LogP contribution in [0.3, 0.4) is 0 Å². The van der Waals surface area contributed by atoms with Crippen LogP contribution in [0.4, 0.5) is 24.8 Å². The lowest BCUT2D eigenvalue weighted by Crippen LogP contribution is -2.40. The zero-order valence-electron chi connectivity index (χ0n) is 13.8. The van der Waals surface area contributed by atoms with Crippen LogP contribution in [0.25, 0.3) is 0 Å². The van der Waals surface area contributed by atoms with E-state index in [1.165, 1.54) is 0 Å². The van der Waals surface area contributed by atoms with E-state index in [0.29, 0.717) is 10.7 Å². The van der Waals surface area contributed by atoms with Crippen LogP contribution in [0.1, 0.15) is 40.9 Å². The minimum Gasteiger partial charge on any atom is -0.349 e. The molecule has 1 aliphatic rings. The lowest BCUT2D eigenvalue weighted by Gasteiger charge is -2.26. The molecule has 3 rings (SSSR count). The fourth-order valence-electron chi connectivity index (χ4n) is 2.44. The predicted molar refractivity (Wildman–Crippen MR) is 91.6 cm³/mol. The Morgan fingerprint density at radius 3 is 2.62 bits per heavy atom. The van der Waals surface area contributed by atoms with Crippen molar-refractivity contribution < 1.29 is 18.0 Å². The number of carbonyl (C=O) groups is 1. The molecule has 0 aliphatic heterocycles. The van der Waals surface area contributed by atoms with Crippen LogP contribution in [0.5, 0.6) is 0 Å². The third-order valence-corrected chi connectivity index (χ3v) is 4.58. The maximum atomic E-state index is 13.4. The van der Waals surface area contributed by atoms with Crippen molar-refractivity contribution >= 4 is 29.1 Å². The lowest BCUT2D eigenvalue weighted by atomic mass is 9.93. The van der Waals surface area contributed by atoms with Crippen LogP contribution in [0.15, 0.2) is 24.4 Å². The van der Waals surface area contributed by atoms with Crippen molar-refractivity contribution in [2.24, 2.45) is 0 Å². The number of halogens is 4. The molecule has 0 bridgehead atoms. The van der Waals surface area contributed by atoms with E-state index in [1.807, 2.05) is 0 Å². The van der Waals surface area contributed by atoms with Gasteiger partial charge < -0.3 is 10.6 Å². The van der Waals surface area contributed by atoms with Crippen LogP contribution in [-0.4, -0.2) is 21.9 Å². The smallest absolute Gasteiger partial charge is 0.349 e. The van der Waals surface area contributed by atoms with Gasteiger partial charge in [-0.25, -0.2) is 9.97 Å². The number of alkyl halides is 3. The van der Waals surface area contributed by atoms with Crippen molar-refractivity contribution in [1.29, 1.82) is 0 Å². The summed E-state index contributed by atoms with van der Waals surface area (Å²) in [6.45, 7) is 1.81. The first-order valence-electron chi connectivity index (χ1n) is 8.02. The average molecular weight is 385 g/mol. The van der Waals surface area contributed by atoms with Gasteiger partial charge in [0.05, 0.1) is 5.56 Å². The highest BCUT2D eigenvalue weighted by Crippen LogP contribution is 2.32. The zero-order valence-corrected chi connectivity index (χ0v) is 14.6. The normalized spacial score (nSPS) is 14.7. The number of aryl methyl sites for hydroxylation is 1. The van der Waals surface area contributed by atoms with Crippen LogP contribution in [0.2, 0.25) is 5.02 Å². The Morgan fingerprint density at radius 1 is 1.31 bits per heavy atom. The predicted octanol–water partition coefficient (Wildman–Crippen LogP) is 4.48. The third-order valence-electron chi connectivity index (χ3n) is 4.17. The molecule has 9 heteroatoms. The van der Waals surface area contributed by atoms with E-state index < -0.39 is 23.3 Å². The number of nitrogens with one attached hydrogen (secondary N) is 2. The number of benzene rings is 1. The van der Waals surface area contributed by atoms with Crippen molar-refractivity contribution in [2.75, 3.05) is 5.32 Å². The van der Waals surface area contributed by atoms with Gasteiger partial charge in [-0.1, -0.05) is 17.7 Å². The summed E-state index contributed by atoms with van der Waals surface area (Å²) in [6, 6.07) is 4.84. The summed E-state index contributed by atoms with van der Waals surface area (Å²) in [6.07, 6.45) is -1.41. The molecule has 1 aromatic carbocycles. The molecule has 1 aromatic heterocycles. The fraction of sp³-hybridized carbons (Fsp3) is 0.353. The van der Waals surface area contributed by atoms with E-state index in [-0.39, 0.29) is 12.0 Å². The van der Waals surface area contributed by atoms with E-state index in [1.54, 1.807) is 25.1 Å². The van der Waals surface area contributed by atoms with E-state index >= 15 is 0 Å². The second-order valence-corrected chi connectivity index (χ2v) is 6.55. The Hall–Kier alpha value is -2.35. The standard InChI is InChI=1S/C17H16ClF3N4O/c1-9-5-6-11(7-13(9)18)24-16-22-8-12(14(25-16)17(19,20)21)15(26)23-10-3-2-4-10/h5-8,10H,2-4H2,1H3,(H,23,26)(H,22,24,25). The van der Waals surface area contributed by atoms with Gasteiger partial charge in [-0.2, -0.15) is 13.2 Å². The maximum Gasteiger partial charge on any atom is 0.434 e. The van der Waals surface area contributed by atoms with Gasteiger partial charge in [0, 0.05) is 22.9 Å². The molecule has 1 saturated carbocycles. The summed E-state index contributed by atoms with van der Waals surface area (Å²) in [5.41, 5.74) is -0.584. The summed E-state index contributed by atoms with van der Waals surface area (Å²) < 4.78 is 40.1. The van der Waals surface area contributed by atoms with E-state index in [9.17, 15) is 18.0 Å². The Bertz CT molecular complexity index is 837. The number of anilines is 2. The number of carbonyl (C=O) groups excluding carboxylic acids is 1. The summed E-state index contributed by atoms with van der Waals surface area (Å²) in [5, 5.41) is 5.71. The molecule has 26 heavy (non-hydrogen) atoms. The molecule has 1 aliphatic carbocycles. The van der Waals surface area contributed by atoms with Gasteiger partial charge in [0.25, 0.3) is 5.91 Å². The maximum absolute atomic E-state index is 13.4. The molecule has 5 nitrogen and oxygen atoms in total. The first-order valence-corrected chi connectivity index (χ1v) is 8.40. The summed E-state index contributed by atoms with van der Waals surface area (Å²) >= 11 is 6.00. The molecule has 1 fully saturated rings. The topological polar surface area (TPSA) is 66.9 Å². The molecule has 0 spiro atoms. The summed E-state index contributed by atoms with van der Waals surface area (Å²) in [5.74, 6) is -1.08. The van der Waals surface area contributed by atoms with E-state index in [2.05, 4.69) is 20.6 Å². The molecule has 0 atom stereocenters. The Kier molecular flexibility index (Phi) is 5.04. The Labute approximate surface area is 153 Å². The lowest BCUT2D eigenvalue weighted by molar-refractivity contribution is -0.141. The third kappa shape index (κ3) is 4.07. The van der Waals surface area contributed by atoms with Crippen LogP contribution < -0.4 is 10.6 Å². The van der Waals surface area contributed by atoms with Crippen molar-refractivity contribution in [3.8, 4) is 0 Å². The molecule has 1 heterocycles. The highest BCUT2D eigenvalue weighted by atomic mass is 35.5. The molecular formula is C17H16ClF3N4O.